The number of amides is 11. The number of urea groups is 1. The molecule has 0 fully saturated rings. The van der Waals surface area contributed by atoms with Crippen LogP contribution >= 0.6 is 0 Å². The number of ether oxygens (including phenoxy) is 1. The van der Waals surface area contributed by atoms with Gasteiger partial charge in [-0.05, 0) is 91.3 Å². The number of carbonyl (C=O) groups excluding carboxylic acids is 10. The minimum Gasteiger partial charge on any atom is -0.445 e. The van der Waals surface area contributed by atoms with E-state index in [1.54, 1.807) is 82.5 Å². The van der Waals surface area contributed by atoms with E-state index in [1.165, 1.54) is 24.0 Å². The molecule has 0 unspecified atom stereocenters. The lowest BCUT2D eigenvalue weighted by Crippen LogP contribution is -2.61. The quantitative estimate of drug-likeness (QED) is 0.0218. The molecular weight excluding hydrogens is 1160 g/mol. The molecule has 25 heteroatoms. The molecule has 0 aliphatic carbocycles. The molecule has 0 radical (unpaired) electrons. The van der Waals surface area contributed by atoms with Gasteiger partial charge in [-0.15, -0.1) is 0 Å². The molecule has 24 nitrogen and oxygen atoms in total. The van der Waals surface area contributed by atoms with Crippen molar-refractivity contribution in [1.29, 1.82) is 0 Å². The molecule has 89 heavy (non-hydrogen) atoms. The van der Waals surface area contributed by atoms with Gasteiger partial charge in [-0.3, -0.25) is 43.3 Å². The van der Waals surface area contributed by atoms with E-state index in [-0.39, 0.29) is 92.4 Å². The lowest BCUT2D eigenvalue weighted by atomic mass is 9.76. The van der Waals surface area contributed by atoms with E-state index in [1.807, 2.05) is 78.8 Å². The van der Waals surface area contributed by atoms with Crippen LogP contribution in [0.2, 0.25) is 0 Å². The highest BCUT2D eigenvalue weighted by atomic mass is 32.2. The standard InChI is InChI=1S/C64H91N11O13S/c1-40(2)49(74(12)60(83)55(63(6,7)8)72-59(82)54(66-11)64(9,10)46-20-15-13-16-21-46)36-42(5)56(79)73-89(86,87)39-45-26-24-43(25-27-45)37-68-62(85)88-38-44-28-30-47(31-29-44)69-57(80)48(22-19-34-67-61(65)84)70-58(81)53(41(3)4)71-50(76)23-17-14-18-35-75-51(77)32-33-52(75)78/h13,15-16,20-21,24-33,36,40-41,48-49,53-55,66H,14,17-19,22-23,34-35,37-39H2,1-12H3,(H,68,85)(H,69,80)(H,70,81)(H,71,76)(H,72,82)(H,73,79)(H3,65,67,84)/b42-36+/t48-,49-,53-,54-,55-/m1/s1. The van der Waals surface area contributed by atoms with Crippen LogP contribution in [0.4, 0.5) is 15.3 Å². The Kier molecular flexibility index (Phi) is 27.7. The van der Waals surface area contributed by atoms with Crippen LogP contribution in [0.25, 0.3) is 0 Å². The molecule has 11 amide bonds. The highest BCUT2D eigenvalue weighted by Gasteiger charge is 2.42. The molecule has 0 spiro atoms. The topological polar surface area (TPSA) is 343 Å². The number of carbonyl (C=O) groups is 10. The Morgan fingerprint density at radius 3 is 1.89 bits per heavy atom. The molecule has 1 aliphatic rings. The molecule has 0 saturated heterocycles. The third-order valence-electron chi connectivity index (χ3n) is 15.2. The lowest BCUT2D eigenvalue weighted by Gasteiger charge is -2.40. The van der Waals surface area contributed by atoms with E-state index in [9.17, 15) is 56.4 Å². The molecule has 5 atom stereocenters. The molecule has 3 aromatic carbocycles. The zero-order valence-electron chi connectivity index (χ0n) is 53.2. The number of nitrogens with two attached hydrogens (primary N) is 1. The highest BCUT2D eigenvalue weighted by Crippen LogP contribution is 2.29. The Balaban J connectivity index is 1.27. The number of sulfonamides is 1. The minimum atomic E-state index is -4.21. The fraction of sp³-hybridized carbons (Fsp3) is 0.500. The normalized spacial score (nSPS) is 14.4. The van der Waals surface area contributed by atoms with Crippen LogP contribution in [0.3, 0.4) is 0 Å². The lowest BCUT2D eigenvalue weighted by molar-refractivity contribution is -0.141. The fourth-order valence-corrected chi connectivity index (χ4v) is 11.0. The fourth-order valence-electron chi connectivity index (χ4n) is 9.89. The van der Waals surface area contributed by atoms with Gasteiger partial charge in [-0.2, -0.15) is 0 Å². The number of likely N-dealkylation sites (N-methyl/N-ethyl adjacent to an activating group) is 2. The first-order valence-electron chi connectivity index (χ1n) is 29.8. The van der Waals surface area contributed by atoms with Crippen molar-refractivity contribution in [2.75, 3.05) is 32.5 Å². The van der Waals surface area contributed by atoms with Crippen LogP contribution in [-0.2, 0) is 77.4 Å². The van der Waals surface area contributed by atoms with Gasteiger partial charge in [0.25, 0.3) is 17.7 Å². The number of hydrogen-bond donors (Lipinski definition) is 9. The average Bonchev–Trinajstić information content (AvgIpc) is 4.08. The van der Waals surface area contributed by atoms with E-state index < -0.39 is 86.7 Å². The first kappa shape index (κ1) is 73.0. The van der Waals surface area contributed by atoms with E-state index in [0.717, 1.165) is 10.5 Å². The number of primary amides is 1. The SMILES string of the molecule is CN[C@H](C(=O)N[C@H](C(=O)N(C)[C@H](/C=C(\C)C(=O)NS(=O)(=O)Cc1ccc(CNC(=O)OCc2ccc(NC(=O)[C@@H](CCCNC(N)=O)NC(=O)[C@H](NC(=O)CCCCCN3C(=O)C=CC3=O)C(C)C)cc2)cc1)C(C)C)C(C)(C)C)C(C)(C)c1ccccc1. The molecule has 1 heterocycles. The first-order valence-corrected chi connectivity index (χ1v) is 31.5. The molecule has 0 saturated carbocycles. The number of imide groups is 1. The van der Waals surface area contributed by atoms with Gasteiger partial charge in [0.1, 0.15) is 24.7 Å². The van der Waals surface area contributed by atoms with Gasteiger partial charge in [-0.25, -0.2) is 22.7 Å². The van der Waals surface area contributed by atoms with Gasteiger partial charge in [0.2, 0.25) is 39.6 Å². The van der Waals surface area contributed by atoms with Crippen molar-refractivity contribution in [3.05, 3.63) is 125 Å². The van der Waals surface area contributed by atoms with Crippen LogP contribution in [0.15, 0.2) is 103 Å². The maximum Gasteiger partial charge on any atom is 0.407 e. The third-order valence-corrected chi connectivity index (χ3v) is 16.4. The summed E-state index contributed by atoms with van der Waals surface area (Å²) in [6, 6.07) is 17.2. The number of nitrogens with zero attached hydrogens (tertiary/aromatic N) is 2. The monoisotopic (exact) mass is 1250 g/mol. The van der Waals surface area contributed by atoms with Crippen molar-refractivity contribution >= 4 is 75.1 Å². The summed E-state index contributed by atoms with van der Waals surface area (Å²) in [6.07, 6.45) is 5.21. The molecular formula is C64H91N11O13S. The van der Waals surface area contributed by atoms with Gasteiger partial charge < -0.3 is 52.6 Å². The van der Waals surface area contributed by atoms with Crippen LogP contribution in [-0.4, -0.2) is 135 Å². The molecule has 1 aliphatic heterocycles. The second-order valence-electron chi connectivity index (χ2n) is 24.5. The zero-order chi connectivity index (χ0) is 66.4. The van der Waals surface area contributed by atoms with E-state index in [2.05, 4.69) is 41.9 Å². The maximum absolute atomic E-state index is 14.4. The van der Waals surface area contributed by atoms with Crippen molar-refractivity contribution in [1.82, 2.24) is 46.4 Å². The minimum absolute atomic E-state index is 0.0327. The Bertz CT molecular complexity index is 3130. The highest BCUT2D eigenvalue weighted by molar-refractivity contribution is 7.89. The van der Waals surface area contributed by atoms with E-state index >= 15 is 0 Å². The predicted octanol–water partition coefficient (Wildman–Crippen LogP) is 5.08. The van der Waals surface area contributed by atoms with Crippen molar-refractivity contribution < 1.29 is 61.1 Å². The molecule has 486 valence electrons. The second-order valence-corrected chi connectivity index (χ2v) is 26.3. The van der Waals surface area contributed by atoms with Crippen molar-refractivity contribution in [2.24, 2.45) is 23.0 Å². The van der Waals surface area contributed by atoms with Crippen molar-refractivity contribution in [3.63, 3.8) is 0 Å². The number of rotatable bonds is 33. The number of alkyl carbamates (subject to hydrolysis) is 1. The van der Waals surface area contributed by atoms with Crippen LogP contribution in [0, 0.1) is 17.3 Å². The van der Waals surface area contributed by atoms with Gasteiger partial charge in [-0.1, -0.05) is 142 Å². The second kappa shape index (κ2) is 33.8. The summed E-state index contributed by atoms with van der Waals surface area (Å²) in [5.74, 6) is -5.04. The Hall–Kier alpha value is -8.45. The molecule has 0 aromatic heterocycles. The molecule has 4 rings (SSSR count). The third kappa shape index (κ3) is 23.2. The van der Waals surface area contributed by atoms with E-state index in [0.29, 0.717) is 41.6 Å². The van der Waals surface area contributed by atoms with Crippen molar-refractivity contribution in [3.8, 4) is 0 Å². The largest absolute Gasteiger partial charge is 0.445 e. The molecule has 10 N–H and O–H groups in total. The molecule has 3 aromatic rings. The number of hydrogen-bond acceptors (Lipinski definition) is 14. The number of unbranched alkanes of at least 4 members (excludes halogenated alkanes) is 2. The average molecular weight is 1250 g/mol. The first-order chi connectivity index (χ1) is 41.7. The summed E-state index contributed by atoms with van der Waals surface area (Å²) in [4.78, 5) is 132. The van der Waals surface area contributed by atoms with E-state index in [4.69, 9.17) is 10.5 Å². The summed E-state index contributed by atoms with van der Waals surface area (Å²) in [6.45, 7) is 18.4. The smallest absolute Gasteiger partial charge is 0.407 e. The van der Waals surface area contributed by atoms with Gasteiger partial charge in [0.05, 0.1) is 17.8 Å². The number of nitrogens with one attached hydrogen (secondary N) is 8. The van der Waals surface area contributed by atoms with Gasteiger partial charge in [0, 0.05) is 61.9 Å². The summed E-state index contributed by atoms with van der Waals surface area (Å²) >= 11 is 0. The summed E-state index contributed by atoms with van der Waals surface area (Å²) in [7, 11) is -0.925. The number of benzene rings is 3. The van der Waals surface area contributed by atoms with Crippen LogP contribution < -0.4 is 47.7 Å². The summed E-state index contributed by atoms with van der Waals surface area (Å²) in [5.41, 5.74) is 6.75. The summed E-state index contributed by atoms with van der Waals surface area (Å²) in [5, 5.41) is 19.5. The van der Waals surface area contributed by atoms with Gasteiger partial charge >= 0.3 is 12.1 Å². The van der Waals surface area contributed by atoms with Gasteiger partial charge in [0.15, 0.2) is 0 Å². The predicted molar refractivity (Wildman–Crippen MR) is 338 cm³/mol. The number of anilines is 1. The zero-order valence-corrected chi connectivity index (χ0v) is 54.1. The Morgan fingerprint density at radius 2 is 1.31 bits per heavy atom. The maximum atomic E-state index is 14.4. The van der Waals surface area contributed by atoms with Crippen LogP contribution in [0.1, 0.15) is 130 Å². The summed E-state index contributed by atoms with van der Waals surface area (Å²) < 4.78 is 34.2. The van der Waals surface area contributed by atoms with Crippen molar-refractivity contribution in [2.45, 2.75) is 162 Å². The van der Waals surface area contributed by atoms with Crippen LogP contribution in [0.5, 0.6) is 0 Å². The Labute approximate surface area is 523 Å². The Morgan fingerprint density at radius 1 is 0.708 bits per heavy atom. The molecule has 0 bridgehead atoms.